The Balaban J connectivity index is 1.61. The number of hydrogen-bond donors (Lipinski definition) is 2. The van der Waals surface area contributed by atoms with Crippen molar-refractivity contribution in [3.05, 3.63) is 33.9 Å². The van der Waals surface area contributed by atoms with Crippen molar-refractivity contribution >= 4 is 11.6 Å². The summed E-state index contributed by atoms with van der Waals surface area (Å²) in [4.78, 5) is 23.1. The van der Waals surface area contributed by atoms with E-state index in [0.29, 0.717) is 17.4 Å². The topological polar surface area (TPSA) is 107 Å². The van der Waals surface area contributed by atoms with Gasteiger partial charge in [0.2, 0.25) is 5.91 Å². The standard InChI is InChI=1S/C18H25N3O4/c1-25-16-6-5-11(7-15(16)21(23)24)10-20-18(22)14-8-12-3-2-4-13(9-14)17(12)19/h5-7,12-14,17H,2-4,8-10,19H2,1H3,(H,20,22). The Morgan fingerprint density at radius 1 is 1.36 bits per heavy atom. The van der Waals surface area contributed by atoms with Crippen molar-refractivity contribution in [2.75, 3.05) is 7.11 Å². The minimum Gasteiger partial charge on any atom is -0.490 e. The Morgan fingerprint density at radius 3 is 2.64 bits per heavy atom. The van der Waals surface area contributed by atoms with Crippen molar-refractivity contribution < 1.29 is 14.5 Å². The summed E-state index contributed by atoms with van der Waals surface area (Å²) in [5, 5.41) is 14.0. The fourth-order valence-corrected chi connectivity index (χ4v) is 4.32. The molecule has 1 aromatic rings. The van der Waals surface area contributed by atoms with Gasteiger partial charge in [-0.2, -0.15) is 0 Å². The molecule has 0 heterocycles. The number of nitrogens with one attached hydrogen (secondary N) is 1. The first-order chi connectivity index (χ1) is 12.0. The summed E-state index contributed by atoms with van der Waals surface area (Å²) >= 11 is 0. The molecule has 0 saturated heterocycles. The highest BCUT2D eigenvalue weighted by Crippen LogP contribution is 2.41. The number of carbonyl (C=O) groups excluding carboxylic acids is 1. The van der Waals surface area contributed by atoms with Crippen LogP contribution in [0.25, 0.3) is 0 Å². The molecule has 136 valence electrons. The second-order valence-corrected chi connectivity index (χ2v) is 7.18. The molecule has 2 aliphatic rings. The number of methoxy groups -OCH3 is 1. The number of benzene rings is 1. The predicted octanol–water partition coefficient (Wildman–Crippen LogP) is 2.37. The summed E-state index contributed by atoms with van der Waals surface area (Å²) in [6.45, 7) is 0.279. The molecule has 2 saturated carbocycles. The molecule has 0 aromatic heterocycles. The normalized spacial score (nSPS) is 28.2. The van der Waals surface area contributed by atoms with Gasteiger partial charge in [0.25, 0.3) is 0 Å². The first-order valence-corrected chi connectivity index (χ1v) is 8.84. The van der Waals surface area contributed by atoms with E-state index in [-0.39, 0.29) is 35.8 Å². The van der Waals surface area contributed by atoms with Crippen LogP contribution in [-0.4, -0.2) is 24.0 Å². The molecule has 3 rings (SSSR count). The first-order valence-electron chi connectivity index (χ1n) is 8.84. The average Bonchev–Trinajstić information content (AvgIpc) is 2.59. The summed E-state index contributed by atoms with van der Waals surface area (Å²) in [6.07, 6.45) is 5.16. The lowest BCUT2D eigenvalue weighted by atomic mass is 9.65. The van der Waals surface area contributed by atoms with Crippen LogP contribution < -0.4 is 15.8 Å². The molecule has 2 atom stereocenters. The Hall–Kier alpha value is -2.15. The summed E-state index contributed by atoms with van der Waals surface area (Å²) < 4.78 is 4.99. The lowest BCUT2D eigenvalue weighted by molar-refractivity contribution is -0.385. The van der Waals surface area contributed by atoms with Gasteiger partial charge in [0.1, 0.15) is 0 Å². The van der Waals surface area contributed by atoms with Gasteiger partial charge in [-0.3, -0.25) is 14.9 Å². The monoisotopic (exact) mass is 347 g/mol. The minimum atomic E-state index is -0.478. The lowest BCUT2D eigenvalue weighted by Crippen LogP contribution is -2.49. The van der Waals surface area contributed by atoms with Crippen LogP contribution in [0.2, 0.25) is 0 Å². The molecule has 7 heteroatoms. The van der Waals surface area contributed by atoms with Gasteiger partial charge >= 0.3 is 5.69 Å². The third-order valence-electron chi connectivity index (χ3n) is 5.69. The third-order valence-corrected chi connectivity index (χ3v) is 5.69. The number of nitro groups is 1. The largest absolute Gasteiger partial charge is 0.490 e. The van der Waals surface area contributed by atoms with E-state index in [1.54, 1.807) is 12.1 Å². The van der Waals surface area contributed by atoms with Gasteiger partial charge in [-0.1, -0.05) is 12.5 Å². The van der Waals surface area contributed by atoms with E-state index in [0.717, 1.165) is 25.7 Å². The van der Waals surface area contributed by atoms with Crippen molar-refractivity contribution in [3.63, 3.8) is 0 Å². The predicted molar refractivity (Wildman–Crippen MR) is 93.0 cm³/mol. The van der Waals surface area contributed by atoms with E-state index in [4.69, 9.17) is 10.5 Å². The van der Waals surface area contributed by atoms with Crippen LogP contribution in [0, 0.1) is 27.9 Å². The van der Waals surface area contributed by atoms with E-state index in [1.165, 1.54) is 19.6 Å². The number of amides is 1. The van der Waals surface area contributed by atoms with E-state index in [2.05, 4.69) is 5.32 Å². The Kier molecular flexibility index (Phi) is 5.22. The number of hydrogen-bond acceptors (Lipinski definition) is 5. The van der Waals surface area contributed by atoms with Crippen LogP contribution in [0.5, 0.6) is 5.75 Å². The molecule has 25 heavy (non-hydrogen) atoms. The molecule has 1 amide bonds. The molecule has 2 aliphatic carbocycles. The summed E-state index contributed by atoms with van der Waals surface area (Å²) in [7, 11) is 1.40. The van der Waals surface area contributed by atoms with Crippen molar-refractivity contribution in [2.45, 2.75) is 44.7 Å². The molecule has 2 bridgehead atoms. The molecular weight excluding hydrogens is 322 g/mol. The summed E-state index contributed by atoms with van der Waals surface area (Å²) in [5.74, 6) is 1.15. The van der Waals surface area contributed by atoms with E-state index in [9.17, 15) is 14.9 Å². The Morgan fingerprint density at radius 2 is 2.04 bits per heavy atom. The van der Waals surface area contributed by atoms with Gasteiger partial charge in [0, 0.05) is 24.6 Å². The molecule has 0 radical (unpaired) electrons. The second-order valence-electron chi connectivity index (χ2n) is 7.18. The first kappa shape index (κ1) is 17.7. The zero-order valence-electron chi connectivity index (χ0n) is 14.4. The minimum absolute atomic E-state index is 0.00309. The van der Waals surface area contributed by atoms with Gasteiger partial charge in [-0.05, 0) is 49.1 Å². The quantitative estimate of drug-likeness (QED) is 0.628. The van der Waals surface area contributed by atoms with Gasteiger partial charge in [0.15, 0.2) is 5.75 Å². The van der Waals surface area contributed by atoms with E-state index in [1.807, 2.05) is 0 Å². The SMILES string of the molecule is COc1ccc(CNC(=O)C2CC3CCCC(C2)C3N)cc1[N+](=O)[O-]. The highest BCUT2D eigenvalue weighted by atomic mass is 16.6. The van der Waals surface area contributed by atoms with Crippen molar-refractivity contribution in [2.24, 2.45) is 23.5 Å². The maximum absolute atomic E-state index is 12.5. The average molecular weight is 347 g/mol. The lowest BCUT2D eigenvalue weighted by Gasteiger charge is -2.43. The molecule has 3 N–H and O–H groups in total. The number of nitrogens with zero attached hydrogens (tertiary/aromatic N) is 1. The van der Waals surface area contributed by atoms with Crippen molar-refractivity contribution in [1.82, 2.24) is 5.32 Å². The molecular formula is C18H25N3O4. The molecule has 0 aliphatic heterocycles. The van der Waals surface area contributed by atoms with E-state index < -0.39 is 4.92 Å². The smallest absolute Gasteiger partial charge is 0.311 e. The fraction of sp³-hybridized carbons (Fsp3) is 0.611. The zero-order chi connectivity index (χ0) is 18.0. The van der Waals surface area contributed by atoms with Gasteiger partial charge in [-0.15, -0.1) is 0 Å². The summed E-state index contributed by atoms with van der Waals surface area (Å²) in [6, 6.07) is 4.98. The molecule has 2 unspecified atom stereocenters. The van der Waals surface area contributed by atoms with Crippen LogP contribution in [0.3, 0.4) is 0 Å². The molecule has 0 spiro atoms. The second kappa shape index (κ2) is 7.39. The number of ether oxygens (including phenoxy) is 1. The van der Waals surface area contributed by atoms with Gasteiger partial charge in [0.05, 0.1) is 12.0 Å². The highest BCUT2D eigenvalue weighted by Gasteiger charge is 2.40. The zero-order valence-corrected chi connectivity index (χ0v) is 14.4. The molecule has 1 aromatic carbocycles. The number of nitro benzene ring substituents is 1. The fourth-order valence-electron chi connectivity index (χ4n) is 4.32. The van der Waals surface area contributed by atoms with Gasteiger partial charge in [-0.25, -0.2) is 0 Å². The maximum Gasteiger partial charge on any atom is 0.311 e. The number of nitrogens with two attached hydrogens (primary N) is 1. The summed E-state index contributed by atoms with van der Waals surface area (Å²) in [5.41, 5.74) is 6.87. The van der Waals surface area contributed by atoms with Crippen LogP contribution in [0.15, 0.2) is 18.2 Å². The molecule has 2 fully saturated rings. The van der Waals surface area contributed by atoms with E-state index >= 15 is 0 Å². The van der Waals surface area contributed by atoms with Gasteiger partial charge < -0.3 is 15.8 Å². The molecule has 7 nitrogen and oxygen atoms in total. The Labute approximate surface area is 147 Å². The maximum atomic E-state index is 12.5. The van der Waals surface area contributed by atoms with Crippen LogP contribution in [-0.2, 0) is 11.3 Å². The third kappa shape index (κ3) is 3.76. The highest BCUT2D eigenvalue weighted by molar-refractivity contribution is 5.78. The number of rotatable bonds is 5. The van der Waals surface area contributed by atoms with Crippen molar-refractivity contribution in [3.8, 4) is 5.75 Å². The van der Waals surface area contributed by atoms with Crippen LogP contribution in [0.1, 0.15) is 37.7 Å². The Bertz CT molecular complexity index is 650. The van der Waals surface area contributed by atoms with Crippen molar-refractivity contribution in [1.29, 1.82) is 0 Å². The number of fused-ring (bicyclic) bond motifs is 2. The number of carbonyl (C=O) groups is 1. The van der Waals surface area contributed by atoms with Crippen LogP contribution in [0.4, 0.5) is 5.69 Å². The van der Waals surface area contributed by atoms with Crippen LogP contribution >= 0.6 is 0 Å².